The van der Waals surface area contributed by atoms with Gasteiger partial charge in [-0.05, 0) is 59.4 Å². The summed E-state index contributed by atoms with van der Waals surface area (Å²) in [4.78, 5) is 53.8. The van der Waals surface area contributed by atoms with Crippen LogP contribution in [0, 0.1) is 17.8 Å². The monoisotopic (exact) mass is 491 g/mol. The van der Waals surface area contributed by atoms with Crippen LogP contribution in [0.4, 0.5) is 4.79 Å². The number of hydrogen-bond acceptors (Lipinski definition) is 8. The molecule has 194 valence electrons. The molecule has 1 aliphatic heterocycles. The molecule has 0 N–H and O–H groups in total. The van der Waals surface area contributed by atoms with Crippen LogP contribution in [0.5, 0.6) is 0 Å². The Bertz CT molecular complexity index is 861. The summed E-state index contributed by atoms with van der Waals surface area (Å²) in [5, 5.41) is 0. The third kappa shape index (κ3) is 7.44. The van der Waals surface area contributed by atoms with Crippen LogP contribution in [0.15, 0.2) is 30.3 Å². The Kier molecular flexibility index (Phi) is 10.1. The van der Waals surface area contributed by atoms with Gasteiger partial charge >= 0.3 is 24.0 Å². The van der Waals surface area contributed by atoms with E-state index in [1.807, 2.05) is 30.3 Å². The third-order valence-corrected chi connectivity index (χ3v) is 5.64. The second-order valence-electron chi connectivity index (χ2n) is 9.34. The number of esters is 3. The molecule has 0 unspecified atom stereocenters. The molecule has 35 heavy (non-hydrogen) atoms. The van der Waals surface area contributed by atoms with E-state index in [0.29, 0.717) is 6.42 Å². The van der Waals surface area contributed by atoms with Crippen molar-refractivity contribution in [2.24, 2.45) is 17.8 Å². The molecule has 2 rings (SSSR count). The smallest absolute Gasteiger partial charge is 0.411 e. The maximum atomic E-state index is 13.2. The first-order chi connectivity index (χ1) is 16.5. The van der Waals surface area contributed by atoms with Crippen LogP contribution in [-0.2, 0) is 39.8 Å². The molecule has 1 saturated heterocycles. The Morgan fingerprint density at radius 1 is 0.914 bits per heavy atom. The highest BCUT2D eigenvalue weighted by Gasteiger charge is 2.57. The number of amides is 1. The van der Waals surface area contributed by atoms with Crippen molar-refractivity contribution in [1.82, 2.24) is 4.90 Å². The average Bonchev–Trinajstić information content (AvgIpc) is 3.13. The largest absolute Gasteiger partial charge is 0.465 e. The number of ether oxygens (including phenoxy) is 4. The molecule has 9 heteroatoms. The van der Waals surface area contributed by atoms with Crippen LogP contribution in [0.3, 0.4) is 0 Å². The van der Waals surface area contributed by atoms with Gasteiger partial charge in [0.05, 0.1) is 19.8 Å². The highest BCUT2D eigenvalue weighted by molar-refractivity contribution is 5.97. The van der Waals surface area contributed by atoms with E-state index in [1.165, 1.54) is 4.90 Å². The van der Waals surface area contributed by atoms with E-state index in [-0.39, 0.29) is 26.4 Å². The summed E-state index contributed by atoms with van der Waals surface area (Å²) in [7, 11) is 0. The number of nitrogens with zero attached hydrogens (tertiary/aromatic N) is 1. The second kappa shape index (κ2) is 12.6. The summed E-state index contributed by atoms with van der Waals surface area (Å²) in [6.07, 6.45) is -0.307. The van der Waals surface area contributed by atoms with Crippen molar-refractivity contribution in [3.05, 3.63) is 35.9 Å². The van der Waals surface area contributed by atoms with E-state index in [4.69, 9.17) is 18.9 Å². The molecule has 0 radical (unpaired) electrons. The first kappa shape index (κ1) is 28.1. The summed E-state index contributed by atoms with van der Waals surface area (Å²) >= 11 is 0. The molecule has 0 aliphatic carbocycles. The van der Waals surface area contributed by atoms with Gasteiger partial charge in [-0.25, -0.2) is 9.59 Å². The second-order valence-corrected chi connectivity index (χ2v) is 9.34. The molecule has 3 atom stereocenters. The van der Waals surface area contributed by atoms with Crippen molar-refractivity contribution < 1.29 is 38.1 Å². The molecule has 9 nitrogen and oxygen atoms in total. The average molecular weight is 492 g/mol. The molecule has 1 heterocycles. The van der Waals surface area contributed by atoms with Crippen LogP contribution in [0.1, 0.15) is 47.1 Å². The van der Waals surface area contributed by atoms with Crippen molar-refractivity contribution in [3.63, 3.8) is 0 Å². The fraction of sp³-hybridized carbons (Fsp3) is 0.615. The van der Waals surface area contributed by atoms with Crippen molar-refractivity contribution in [1.29, 1.82) is 0 Å². The highest BCUT2D eigenvalue weighted by Crippen LogP contribution is 2.40. The van der Waals surface area contributed by atoms with Gasteiger partial charge in [0.15, 0.2) is 5.92 Å². The number of carbonyl (C=O) groups is 4. The van der Waals surface area contributed by atoms with Gasteiger partial charge in [0.2, 0.25) is 0 Å². The van der Waals surface area contributed by atoms with Crippen LogP contribution in [0.2, 0.25) is 0 Å². The summed E-state index contributed by atoms with van der Waals surface area (Å²) in [6, 6.07) is 8.23. The van der Waals surface area contributed by atoms with Crippen molar-refractivity contribution in [2.45, 2.75) is 59.6 Å². The normalized spacial score (nSPS) is 19.9. The Morgan fingerprint density at radius 2 is 1.46 bits per heavy atom. The first-order valence-electron chi connectivity index (χ1n) is 12.1. The SMILES string of the molecule is CCOC(=O)C(C(=O)OCC)[C@@H]1[C@@H](Cc2ccccc2)CN(C(=O)OC(C)(C)C)[C@H]1C(=O)OCC. The predicted octanol–water partition coefficient (Wildman–Crippen LogP) is 3.39. The minimum Gasteiger partial charge on any atom is -0.465 e. The third-order valence-electron chi connectivity index (χ3n) is 5.64. The lowest BCUT2D eigenvalue weighted by molar-refractivity contribution is -0.167. The Labute approximate surface area is 207 Å². The first-order valence-corrected chi connectivity index (χ1v) is 12.1. The van der Waals surface area contributed by atoms with Gasteiger partial charge in [0.1, 0.15) is 11.6 Å². The Morgan fingerprint density at radius 3 is 1.94 bits per heavy atom. The van der Waals surface area contributed by atoms with Gasteiger partial charge < -0.3 is 18.9 Å². The van der Waals surface area contributed by atoms with Gasteiger partial charge in [-0.15, -0.1) is 0 Å². The number of rotatable bonds is 9. The standard InChI is InChI=1S/C26H37NO8/c1-7-32-22(28)20(23(29)33-8-2)19-18(15-17-13-11-10-12-14-17)16-27(21(19)24(30)34-9-3)25(31)35-26(4,5)6/h10-14,18-21H,7-9,15-16H2,1-6H3/t18-,19-,21+/m0/s1. The number of carbonyl (C=O) groups excluding carboxylic acids is 4. The molecule has 1 aliphatic rings. The van der Waals surface area contributed by atoms with E-state index in [0.717, 1.165) is 5.56 Å². The fourth-order valence-electron chi connectivity index (χ4n) is 4.42. The molecule has 0 bridgehead atoms. The van der Waals surface area contributed by atoms with E-state index < -0.39 is 53.4 Å². The number of likely N-dealkylation sites (tertiary alicyclic amines) is 1. The quantitative estimate of drug-likeness (QED) is 0.294. The maximum absolute atomic E-state index is 13.2. The van der Waals surface area contributed by atoms with Gasteiger partial charge in [-0.2, -0.15) is 0 Å². The zero-order valence-electron chi connectivity index (χ0n) is 21.4. The van der Waals surface area contributed by atoms with Crippen LogP contribution >= 0.6 is 0 Å². The van der Waals surface area contributed by atoms with E-state index in [1.54, 1.807) is 41.5 Å². The highest BCUT2D eigenvalue weighted by atomic mass is 16.6. The van der Waals surface area contributed by atoms with Gasteiger partial charge in [-0.1, -0.05) is 30.3 Å². The zero-order valence-corrected chi connectivity index (χ0v) is 21.4. The summed E-state index contributed by atoms with van der Waals surface area (Å²) in [6.45, 7) is 10.3. The maximum Gasteiger partial charge on any atom is 0.411 e. The van der Waals surface area contributed by atoms with Crippen LogP contribution in [-0.4, -0.2) is 66.9 Å². The molecule has 1 aromatic rings. The Hall–Kier alpha value is -3.10. The Balaban J connectivity index is 2.61. The predicted molar refractivity (Wildman–Crippen MR) is 127 cm³/mol. The minimum absolute atomic E-state index is 0.0463. The molecular formula is C26H37NO8. The fourth-order valence-corrected chi connectivity index (χ4v) is 4.42. The topological polar surface area (TPSA) is 108 Å². The van der Waals surface area contributed by atoms with Gasteiger partial charge in [0, 0.05) is 12.5 Å². The molecule has 1 amide bonds. The van der Waals surface area contributed by atoms with E-state index in [9.17, 15) is 19.2 Å². The van der Waals surface area contributed by atoms with Crippen LogP contribution in [0.25, 0.3) is 0 Å². The molecule has 0 aromatic heterocycles. The van der Waals surface area contributed by atoms with Crippen molar-refractivity contribution in [2.75, 3.05) is 26.4 Å². The lowest BCUT2D eigenvalue weighted by Crippen LogP contribution is -2.50. The molecule has 0 saturated carbocycles. The van der Waals surface area contributed by atoms with E-state index in [2.05, 4.69) is 0 Å². The van der Waals surface area contributed by atoms with Crippen molar-refractivity contribution >= 4 is 24.0 Å². The molecule has 0 spiro atoms. The van der Waals surface area contributed by atoms with E-state index >= 15 is 0 Å². The van der Waals surface area contributed by atoms with Crippen LogP contribution < -0.4 is 0 Å². The number of hydrogen-bond donors (Lipinski definition) is 0. The number of benzene rings is 1. The van der Waals surface area contributed by atoms with Crippen molar-refractivity contribution in [3.8, 4) is 0 Å². The summed E-state index contributed by atoms with van der Waals surface area (Å²) < 4.78 is 21.3. The molecule has 1 aromatic carbocycles. The molecule has 1 fully saturated rings. The summed E-state index contributed by atoms with van der Waals surface area (Å²) in [5.41, 5.74) is 0.118. The van der Waals surface area contributed by atoms with Gasteiger partial charge in [0.25, 0.3) is 0 Å². The lowest BCUT2D eigenvalue weighted by Gasteiger charge is -2.31. The minimum atomic E-state index is -1.41. The summed E-state index contributed by atoms with van der Waals surface area (Å²) in [5.74, 6) is -5.09. The lowest BCUT2D eigenvalue weighted by atomic mass is 9.77. The molecular weight excluding hydrogens is 454 g/mol. The van der Waals surface area contributed by atoms with Gasteiger partial charge in [-0.3, -0.25) is 14.5 Å². The zero-order chi connectivity index (χ0) is 26.2.